The minimum absolute atomic E-state index is 0.295. The smallest absolute Gasteiger partial charge is 0.203 e. The van der Waals surface area contributed by atoms with Gasteiger partial charge in [0.2, 0.25) is 5.75 Å². The van der Waals surface area contributed by atoms with E-state index in [0.717, 1.165) is 11.1 Å². The Kier molecular flexibility index (Phi) is 5.30. The summed E-state index contributed by atoms with van der Waals surface area (Å²) in [5.74, 6) is 1.77. The lowest BCUT2D eigenvalue weighted by Crippen LogP contribution is -2.13. The Hall–Kier alpha value is -1.47. The molecule has 4 nitrogen and oxygen atoms in total. The molecule has 2 N–H and O–H groups in total. The molecule has 2 aromatic carbocycles. The molecule has 0 heterocycles. The summed E-state index contributed by atoms with van der Waals surface area (Å²) in [6.07, 6.45) is 0. The van der Waals surface area contributed by atoms with Crippen molar-refractivity contribution in [3.63, 3.8) is 0 Å². The average Bonchev–Trinajstić information content (AvgIpc) is 2.53. The van der Waals surface area contributed by atoms with Gasteiger partial charge in [-0.05, 0) is 52.4 Å². The van der Waals surface area contributed by atoms with E-state index in [2.05, 4.69) is 22.6 Å². The normalized spacial score (nSPS) is 11.9. The maximum atomic E-state index is 6.38. The van der Waals surface area contributed by atoms with E-state index >= 15 is 0 Å². The highest BCUT2D eigenvalue weighted by Gasteiger charge is 2.21. The van der Waals surface area contributed by atoms with Gasteiger partial charge in [0.05, 0.1) is 27.4 Å². The van der Waals surface area contributed by atoms with Gasteiger partial charge >= 0.3 is 0 Å². The topological polar surface area (TPSA) is 53.7 Å². The molecule has 21 heavy (non-hydrogen) atoms. The number of hydrogen-bond donors (Lipinski definition) is 1. The summed E-state index contributed by atoms with van der Waals surface area (Å²) in [5, 5.41) is 0. The molecule has 2 aromatic rings. The highest BCUT2D eigenvalue weighted by atomic mass is 127. The van der Waals surface area contributed by atoms with Crippen LogP contribution in [-0.4, -0.2) is 21.3 Å². The number of ether oxygens (including phenoxy) is 3. The summed E-state index contributed by atoms with van der Waals surface area (Å²) in [6.45, 7) is 0. The number of hydrogen-bond acceptors (Lipinski definition) is 4. The van der Waals surface area contributed by atoms with Crippen LogP contribution in [0.3, 0.4) is 0 Å². The van der Waals surface area contributed by atoms with Gasteiger partial charge in [-0.3, -0.25) is 0 Å². The first-order valence-electron chi connectivity index (χ1n) is 6.42. The molecule has 0 fully saturated rings. The molecule has 112 valence electrons. The van der Waals surface area contributed by atoms with E-state index in [0.29, 0.717) is 17.2 Å². The Bertz CT molecular complexity index is 614. The van der Waals surface area contributed by atoms with E-state index in [4.69, 9.17) is 19.9 Å². The Morgan fingerprint density at radius 2 is 1.48 bits per heavy atom. The van der Waals surface area contributed by atoms with E-state index in [9.17, 15) is 0 Å². The maximum absolute atomic E-state index is 6.38. The van der Waals surface area contributed by atoms with E-state index in [-0.39, 0.29) is 6.04 Å². The van der Waals surface area contributed by atoms with Gasteiger partial charge in [-0.1, -0.05) is 12.1 Å². The Labute approximate surface area is 138 Å². The fourth-order valence-electron chi connectivity index (χ4n) is 2.22. The predicted molar refractivity (Wildman–Crippen MR) is 91.3 cm³/mol. The van der Waals surface area contributed by atoms with Crippen molar-refractivity contribution in [3.8, 4) is 17.2 Å². The van der Waals surface area contributed by atoms with E-state index < -0.39 is 0 Å². The molecule has 5 heteroatoms. The molecule has 0 aliphatic carbocycles. The summed E-state index contributed by atoms with van der Waals surface area (Å²) in [6, 6.07) is 11.5. The van der Waals surface area contributed by atoms with Gasteiger partial charge in [-0.25, -0.2) is 0 Å². The molecule has 0 saturated heterocycles. The number of halogens is 1. The molecule has 1 unspecified atom stereocenters. The first-order valence-corrected chi connectivity index (χ1v) is 7.50. The van der Waals surface area contributed by atoms with Gasteiger partial charge in [0.25, 0.3) is 0 Å². The van der Waals surface area contributed by atoms with Crippen LogP contribution in [0.5, 0.6) is 17.2 Å². The van der Waals surface area contributed by atoms with E-state index in [1.165, 1.54) is 3.57 Å². The molecule has 0 saturated carbocycles. The molecule has 0 radical (unpaired) electrons. The standard InChI is InChI=1S/C16H18INO3/c1-19-13-9-8-12(15(20-2)16(13)21-3)14(18)10-4-6-11(17)7-5-10/h4-9,14H,18H2,1-3H3. The van der Waals surface area contributed by atoms with Crippen molar-refractivity contribution < 1.29 is 14.2 Å². The van der Waals surface area contributed by atoms with Crippen LogP contribution < -0.4 is 19.9 Å². The molecular formula is C16H18INO3. The van der Waals surface area contributed by atoms with Crippen molar-refractivity contribution in [3.05, 3.63) is 51.1 Å². The molecule has 0 aromatic heterocycles. The number of rotatable bonds is 5. The van der Waals surface area contributed by atoms with Gasteiger partial charge in [0.15, 0.2) is 11.5 Å². The monoisotopic (exact) mass is 399 g/mol. The first-order chi connectivity index (χ1) is 10.1. The van der Waals surface area contributed by atoms with E-state index in [1.807, 2.05) is 36.4 Å². The SMILES string of the molecule is COc1ccc(C(N)c2ccc(I)cc2)c(OC)c1OC. The van der Waals surface area contributed by atoms with Crippen LogP contribution in [0.25, 0.3) is 0 Å². The van der Waals surface area contributed by atoms with Gasteiger partial charge in [-0.15, -0.1) is 0 Å². The summed E-state index contributed by atoms with van der Waals surface area (Å²) >= 11 is 2.27. The second-order valence-corrected chi connectivity index (χ2v) is 5.70. The zero-order valence-corrected chi connectivity index (χ0v) is 14.4. The minimum Gasteiger partial charge on any atom is -0.493 e. The third kappa shape index (κ3) is 3.24. The van der Waals surface area contributed by atoms with Crippen LogP contribution in [0.2, 0.25) is 0 Å². The Morgan fingerprint density at radius 1 is 0.857 bits per heavy atom. The fraction of sp³-hybridized carbons (Fsp3) is 0.250. The van der Waals surface area contributed by atoms with Gasteiger partial charge in [-0.2, -0.15) is 0 Å². The quantitative estimate of drug-likeness (QED) is 0.784. The fourth-order valence-corrected chi connectivity index (χ4v) is 2.58. The minimum atomic E-state index is -0.295. The largest absolute Gasteiger partial charge is 0.493 e. The number of benzene rings is 2. The van der Waals surface area contributed by atoms with Crippen LogP contribution >= 0.6 is 22.6 Å². The zero-order valence-electron chi connectivity index (χ0n) is 12.2. The summed E-state index contributed by atoms with van der Waals surface area (Å²) in [7, 11) is 4.78. The molecule has 0 bridgehead atoms. The molecule has 1 atom stereocenters. The highest BCUT2D eigenvalue weighted by molar-refractivity contribution is 14.1. The van der Waals surface area contributed by atoms with E-state index in [1.54, 1.807) is 21.3 Å². The number of nitrogens with two attached hydrogens (primary N) is 1. The number of methoxy groups -OCH3 is 3. The van der Waals surface area contributed by atoms with Crippen LogP contribution in [0, 0.1) is 3.57 Å². The molecule has 0 aliphatic heterocycles. The molecule has 0 amide bonds. The van der Waals surface area contributed by atoms with Crippen molar-refractivity contribution in [2.75, 3.05) is 21.3 Å². The van der Waals surface area contributed by atoms with Gasteiger partial charge < -0.3 is 19.9 Å². The van der Waals surface area contributed by atoms with Crippen molar-refractivity contribution in [1.29, 1.82) is 0 Å². The van der Waals surface area contributed by atoms with Crippen molar-refractivity contribution in [2.24, 2.45) is 5.73 Å². The second-order valence-electron chi connectivity index (χ2n) is 4.45. The summed E-state index contributed by atoms with van der Waals surface area (Å²) < 4.78 is 17.3. The first kappa shape index (κ1) is 15.9. The lowest BCUT2D eigenvalue weighted by molar-refractivity contribution is 0.321. The maximum Gasteiger partial charge on any atom is 0.203 e. The molecule has 2 rings (SSSR count). The van der Waals surface area contributed by atoms with Crippen molar-refractivity contribution in [1.82, 2.24) is 0 Å². The third-order valence-electron chi connectivity index (χ3n) is 3.30. The molecule has 0 aliphatic rings. The van der Waals surface area contributed by atoms with Crippen molar-refractivity contribution in [2.45, 2.75) is 6.04 Å². The zero-order chi connectivity index (χ0) is 15.4. The van der Waals surface area contributed by atoms with Crippen LogP contribution in [0.15, 0.2) is 36.4 Å². The average molecular weight is 399 g/mol. The van der Waals surface area contributed by atoms with Crippen LogP contribution in [-0.2, 0) is 0 Å². The Balaban J connectivity index is 2.50. The Morgan fingerprint density at radius 3 is 2.00 bits per heavy atom. The third-order valence-corrected chi connectivity index (χ3v) is 4.02. The second kappa shape index (κ2) is 7.00. The predicted octanol–water partition coefficient (Wildman–Crippen LogP) is 3.37. The lowest BCUT2D eigenvalue weighted by atomic mass is 9.98. The van der Waals surface area contributed by atoms with Gasteiger partial charge in [0, 0.05) is 9.13 Å². The molecule has 0 spiro atoms. The van der Waals surface area contributed by atoms with Crippen LogP contribution in [0.4, 0.5) is 0 Å². The lowest BCUT2D eigenvalue weighted by Gasteiger charge is -2.20. The van der Waals surface area contributed by atoms with Crippen LogP contribution in [0.1, 0.15) is 17.2 Å². The summed E-state index contributed by atoms with van der Waals surface area (Å²) in [5.41, 5.74) is 8.25. The summed E-state index contributed by atoms with van der Waals surface area (Å²) in [4.78, 5) is 0. The van der Waals surface area contributed by atoms with Crippen molar-refractivity contribution >= 4 is 22.6 Å². The highest BCUT2D eigenvalue weighted by Crippen LogP contribution is 2.42. The van der Waals surface area contributed by atoms with Gasteiger partial charge in [0.1, 0.15) is 0 Å². The molecular weight excluding hydrogens is 381 g/mol.